The third-order valence-corrected chi connectivity index (χ3v) is 2.49. The number of carbonyl (C=O) groups is 1. The monoisotopic (exact) mass is 180 g/mol. The molecule has 0 bridgehead atoms. The number of nitrogens with one attached hydrogen (secondary N) is 2. The molecule has 2 aliphatic heterocycles. The average Bonchev–Trinajstić information content (AvgIpc) is 2.17. The molecule has 3 N–H and O–H groups in total. The SMILES string of the molecule is O=C(O)C1CNCC2=C1CNC=C2. The third kappa shape index (κ3) is 1.45. The van der Waals surface area contributed by atoms with Gasteiger partial charge in [0.15, 0.2) is 0 Å². The number of rotatable bonds is 1. The Bertz CT molecular complexity index is 294. The largest absolute Gasteiger partial charge is 0.481 e. The summed E-state index contributed by atoms with van der Waals surface area (Å²) in [5.41, 5.74) is 2.14. The molecular formula is C9H12N2O2. The normalized spacial score (nSPS) is 26.6. The second kappa shape index (κ2) is 3.22. The van der Waals surface area contributed by atoms with Gasteiger partial charge in [-0.3, -0.25) is 4.79 Å². The molecule has 1 unspecified atom stereocenters. The van der Waals surface area contributed by atoms with E-state index in [2.05, 4.69) is 10.6 Å². The number of carboxylic acid groups (broad SMARTS) is 1. The summed E-state index contributed by atoms with van der Waals surface area (Å²) in [6.45, 7) is 2.01. The van der Waals surface area contributed by atoms with Gasteiger partial charge in [0.25, 0.3) is 0 Å². The molecule has 0 spiro atoms. The van der Waals surface area contributed by atoms with E-state index in [1.54, 1.807) is 0 Å². The Labute approximate surface area is 76.3 Å². The lowest BCUT2D eigenvalue weighted by molar-refractivity contribution is -0.140. The van der Waals surface area contributed by atoms with E-state index in [1.165, 1.54) is 0 Å². The van der Waals surface area contributed by atoms with Crippen molar-refractivity contribution in [1.29, 1.82) is 0 Å². The zero-order valence-electron chi connectivity index (χ0n) is 7.21. The molecule has 0 aromatic heterocycles. The Hall–Kier alpha value is -1.29. The van der Waals surface area contributed by atoms with Crippen molar-refractivity contribution in [1.82, 2.24) is 10.6 Å². The first-order valence-corrected chi connectivity index (χ1v) is 4.34. The summed E-state index contributed by atoms with van der Waals surface area (Å²) in [5.74, 6) is -1.10. The van der Waals surface area contributed by atoms with Crippen molar-refractivity contribution in [2.75, 3.05) is 19.6 Å². The fourth-order valence-corrected chi connectivity index (χ4v) is 1.78. The van der Waals surface area contributed by atoms with Gasteiger partial charge < -0.3 is 15.7 Å². The first-order chi connectivity index (χ1) is 6.29. The summed E-state index contributed by atoms with van der Waals surface area (Å²) in [4.78, 5) is 10.9. The van der Waals surface area contributed by atoms with Crippen LogP contribution in [0.15, 0.2) is 23.4 Å². The van der Waals surface area contributed by atoms with E-state index in [1.807, 2.05) is 12.3 Å². The minimum Gasteiger partial charge on any atom is -0.481 e. The van der Waals surface area contributed by atoms with Crippen LogP contribution < -0.4 is 10.6 Å². The van der Waals surface area contributed by atoms with Crippen LogP contribution in [0.3, 0.4) is 0 Å². The summed E-state index contributed by atoms with van der Waals surface area (Å²) in [7, 11) is 0. The Morgan fingerprint density at radius 3 is 3.15 bits per heavy atom. The zero-order chi connectivity index (χ0) is 9.26. The van der Waals surface area contributed by atoms with Crippen LogP contribution in [0.4, 0.5) is 0 Å². The van der Waals surface area contributed by atoms with Crippen molar-refractivity contribution >= 4 is 5.97 Å². The highest BCUT2D eigenvalue weighted by atomic mass is 16.4. The van der Waals surface area contributed by atoms with Crippen molar-refractivity contribution in [3.8, 4) is 0 Å². The average molecular weight is 180 g/mol. The highest BCUT2D eigenvalue weighted by Gasteiger charge is 2.28. The third-order valence-electron chi connectivity index (χ3n) is 2.49. The minimum atomic E-state index is -0.739. The number of dihydropyridines is 1. The minimum absolute atomic E-state index is 0.360. The molecule has 4 heteroatoms. The van der Waals surface area contributed by atoms with Crippen molar-refractivity contribution in [2.45, 2.75) is 0 Å². The lowest BCUT2D eigenvalue weighted by atomic mass is 9.89. The van der Waals surface area contributed by atoms with Crippen molar-refractivity contribution in [2.24, 2.45) is 5.92 Å². The van der Waals surface area contributed by atoms with Gasteiger partial charge in [-0.05, 0) is 23.4 Å². The van der Waals surface area contributed by atoms with E-state index in [-0.39, 0.29) is 5.92 Å². The van der Waals surface area contributed by atoms with Crippen LogP contribution in [0.1, 0.15) is 0 Å². The second-order valence-electron chi connectivity index (χ2n) is 3.29. The van der Waals surface area contributed by atoms with Gasteiger partial charge in [0.05, 0.1) is 5.92 Å². The molecule has 2 rings (SSSR count). The number of hydrogen-bond donors (Lipinski definition) is 3. The van der Waals surface area contributed by atoms with E-state index in [4.69, 9.17) is 5.11 Å². The lowest BCUT2D eigenvalue weighted by Gasteiger charge is -2.27. The molecule has 0 aromatic rings. The Balaban J connectivity index is 2.30. The van der Waals surface area contributed by atoms with E-state index in [0.29, 0.717) is 13.1 Å². The Morgan fingerprint density at radius 2 is 2.38 bits per heavy atom. The van der Waals surface area contributed by atoms with Gasteiger partial charge in [-0.2, -0.15) is 0 Å². The summed E-state index contributed by atoms with van der Waals surface area (Å²) >= 11 is 0. The van der Waals surface area contributed by atoms with Crippen molar-refractivity contribution in [3.05, 3.63) is 23.4 Å². The summed E-state index contributed by atoms with van der Waals surface area (Å²) < 4.78 is 0. The van der Waals surface area contributed by atoms with Crippen molar-refractivity contribution < 1.29 is 9.90 Å². The fraction of sp³-hybridized carbons (Fsp3) is 0.444. The van der Waals surface area contributed by atoms with E-state index in [0.717, 1.165) is 17.7 Å². The highest BCUT2D eigenvalue weighted by molar-refractivity contribution is 5.75. The van der Waals surface area contributed by atoms with Crippen LogP contribution >= 0.6 is 0 Å². The lowest BCUT2D eigenvalue weighted by Crippen LogP contribution is -2.40. The molecule has 0 aromatic carbocycles. The topological polar surface area (TPSA) is 61.4 Å². The number of carboxylic acids is 1. The van der Waals surface area contributed by atoms with E-state index >= 15 is 0 Å². The van der Waals surface area contributed by atoms with Gasteiger partial charge in [-0.15, -0.1) is 0 Å². The molecule has 13 heavy (non-hydrogen) atoms. The molecule has 2 heterocycles. The predicted octanol–water partition coefficient (Wildman–Crippen LogP) is -0.296. The van der Waals surface area contributed by atoms with Crippen molar-refractivity contribution in [3.63, 3.8) is 0 Å². The smallest absolute Gasteiger partial charge is 0.312 e. The molecule has 0 fully saturated rings. The molecule has 0 saturated carbocycles. The van der Waals surface area contributed by atoms with Gasteiger partial charge in [-0.1, -0.05) is 0 Å². The molecule has 0 amide bonds. The van der Waals surface area contributed by atoms with Crippen LogP contribution in [-0.2, 0) is 4.79 Å². The van der Waals surface area contributed by atoms with Crippen LogP contribution in [0.25, 0.3) is 0 Å². The number of aliphatic carboxylic acids is 1. The molecule has 4 nitrogen and oxygen atoms in total. The Kier molecular flexibility index (Phi) is 2.06. The molecule has 0 radical (unpaired) electrons. The zero-order valence-corrected chi connectivity index (χ0v) is 7.21. The van der Waals surface area contributed by atoms with Crippen LogP contribution in [0.5, 0.6) is 0 Å². The molecule has 2 aliphatic rings. The summed E-state index contributed by atoms with van der Waals surface area (Å²) in [6, 6.07) is 0. The van der Waals surface area contributed by atoms with Gasteiger partial charge in [-0.25, -0.2) is 0 Å². The predicted molar refractivity (Wildman–Crippen MR) is 48.2 cm³/mol. The molecule has 0 saturated heterocycles. The second-order valence-corrected chi connectivity index (χ2v) is 3.29. The maximum atomic E-state index is 10.9. The van der Waals surface area contributed by atoms with Gasteiger partial charge in [0.1, 0.15) is 0 Å². The van der Waals surface area contributed by atoms with Gasteiger partial charge in [0.2, 0.25) is 0 Å². The molecule has 70 valence electrons. The quantitative estimate of drug-likeness (QED) is 0.518. The maximum absolute atomic E-state index is 10.9. The summed E-state index contributed by atoms with van der Waals surface area (Å²) in [5, 5.41) is 15.1. The van der Waals surface area contributed by atoms with Gasteiger partial charge in [0, 0.05) is 19.6 Å². The number of hydrogen-bond acceptors (Lipinski definition) is 3. The first-order valence-electron chi connectivity index (χ1n) is 4.34. The highest BCUT2D eigenvalue weighted by Crippen LogP contribution is 2.21. The van der Waals surface area contributed by atoms with E-state index < -0.39 is 5.97 Å². The summed E-state index contributed by atoms with van der Waals surface area (Å²) in [6.07, 6.45) is 3.81. The van der Waals surface area contributed by atoms with Crippen LogP contribution in [0, 0.1) is 5.92 Å². The Morgan fingerprint density at radius 1 is 1.54 bits per heavy atom. The van der Waals surface area contributed by atoms with Crippen LogP contribution in [0.2, 0.25) is 0 Å². The standard InChI is InChI=1S/C9H12N2O2/c12-9(13)8-5-11-3-6-1-2-10-4-7(6)8/h1-2,8,10-11H,3-5H2,(H,12,13). The van der Waals surface area contributed by atoms with Crippen LogP contribution in [-0.4, -0.2) is 30.7 Å². The van der Waals surface area contributed by atoms with Gasteiger partial charge >= 0.3 is 5.97 Å². The molecule has 1 atom stereocenters. The first kappa shape index (κ1) is 8.31. The molecular weight excluding hydrogens is 168 g/mol. The molecule has 0 aliphatic carbocycles. The van der Waals surface area contributed by atoms with E-state index in [9.17, 15) is 4.79 Å². The fourth-order valence-electron chi connectivity index (χ4n) is 1.78. The maximum Gasteiger partial charge on any atom is 0.312 e.